The lowest BCUT2D eigenvalue weighted by Crippen LogP contribution is -2.14. The average molecular weight is 302 g/mol. The molecule has 5 nitrogen and oxygen atoms in total. The van der Waals surface area contributed by atoms with Crippen LogP contribution in [0.4, 0.5) is 5.13 Å². The largest absolute Gasteiger partial charge is 0.478 e. The van der Waals surface area contributed by atoms with Gasteiger partial charge >= 0.3 is 5.97 Å². The fraction of sp³-hybridized carbons (Fsp3) is 0.133. The van der Waals surface area contributed by atoms with Crippen molar-refractivity contribution in [2.75, 3.05) is 5.32 Å². The molecule has 1 amide bonds. The summed E-state index contributed by atoms with van der Waals surface area (Å²) >= 11 is 1.22. The van der Waals surface area contributed by atoms with E-state index in [1.807, 2.05) is 31.2 Å². The van der Waals surface area contributed by atoms with Crippen molar-refractivity contribution in [3.63, 3.8) is 0 Å². The molecule has 0 aliphatic rings. The lowest BCUT2D eigenvalue weighted by molar-refractivity contribution is -0.131. The zero-order chi connectivity index (χ0) is 15.2. The molecule has 0 saturated heterocycles. The lowest BCUT2D eigenvalue weighted by atomic mass is 10.1. The van der Waals surface area contributed by atoms with Gasteiger partial charge in [0.25, 0.3) is 0 Å². The number of amides is 1. The van der Waals surface area contributed by atoms with Crippen LogP contribution in [0.2, 0.25) is 0 Å². The van der Waals surface area contributed by atoms with Gasteiger partial charge in [-0.3, -0.25) is 4.79 Å². The van der Waals surface area contributed by atoms with Crippen LogP contribution < -0.4 is 5.32 Å². The number of carbonyl (C=O) groups is 2. The van der Waals surface area contributed by atoms with E-state index in [9.17, 15) is 9.59 Å². The van der Waals surface area contributed by atoms with Crippen molar-refractivity contribution in [1.82, 2.24) is 4.98 Å². The SMILES string of the molecule is Cc1ccccc1CC(=O)Nc1ncc(C=CC(=O)O)s1. The lowest BCUT2D eigenvalue weighted by Gasteiger charge is -2.04. The molecule has 0 unspecified atom stereocenters. The molecule has 0 aliphatic carbocycles. The van der Waals surface area contributed by atoms with Crippen molar-refractivity contribution >= 4 is 34.4 Å². The van der Waals surface area contributed by atoms with Crippen molar-refractivity contribution in [1.29, 1.82) is 0 Å². The molecule has 0 spiro atoms. The normalized spacial score (nSPS) is 10.7. The molecule has 2 N–H and O–H groups in total. The van der Waals surface area contributed by atoms with Crippen LogP contribution in [0.1, 0.15) is 16.0 Å². The van der Waals surface area contributed by atoms with Gasteiger partial charge in [-0.1, -0.05) is 35.6 Å². The summed E-state index contributed by atoms with van der Waals surface area (Å²) in [7, 11) is 0. The van der Waals surface area contributed by atoms with E-state index in [0.717, 1.165) is 17.2 Å². The summed E-state index contributed by atoms with van der Waals surface area (Å²) in [5.74, 6) is -1.17. The van der Waals surface area contributed by atoms with Gasteiger partial charge in [0, 0.05) is 17.2 Å². The minimum absolute atomic E-state index is 0.146. The van der Waals surface area contributed by atoms with Gasteiger partial charge in [0.1, 0.15) is 0 Å². The first kappa shape index (κ1) is 14.9. The number of carboxylic acids is 1. The second kappa shape index (κ2) is 6.81. The van der Waals surface area contributed by atoms with E-state index in [1.54, 1.807) is 0 Å². The Morgan fingerprint density at radius 3 is 2.86 bits per heavy atom. The summed E-state index contributed by atoms with van der Waals surface area (Å²) in [5, 5.41) is 11.7. The molecule has 0 fully saturated rings. The van der Waals surface area contributed by atoms with Crippen LogP contribution in [0.25, 0.3) is 6.08 Å². The molecule has 1 aromatic carbocycles. The summed E-state index contributed by atoms with van der Waals surface area (Å²) in [4.78, 5) is 27.1. The molecule has 0 radical (unpaired) electrons. The van der Waals surface area contributed by atoms with Crippen molar-refractivity contribution in [2.24, 2.45) is 0 Å². The number of benzene rings is 1. The Morgan fingerprint density at radius 2 is 2.14 bits per heavy atom. The molecule has 2 aromatic rings. The highest BCUT2D eigenvalue weighted by molar-refractivity contribution is 7.16. The molecule has 21 heavy (non-hydrogen) atoms. The number of nitrogens with one attached hydrogen (secondary N) is 1. The number of aromatic nitrogens is 1. The van der Waals surface area contributed by atoms with Crippen molar-refractivity contribution < 1.29 is 14.7 Å². The Hall–Kier alpha value is -2.47. The Labute approximate surface area is 126 Å². The highest BCUT2D eigenvalue weighted by Crippen LogP contribution is 2.19. The van der Waals surface area contributed by atoms with Crippen molar-refractivity contribution in [3.8, 4) is 0 Å². The molecule has 6 heteroatoms. The fourth-order valence-electron chi connectivity index (χ4n) is 1.72. The molecule has 108 valence electrons. The number of nitrogens with zero attached hydrogens (tertiary/aromatic N) is 1. The molecule has 2 rings (SSSR count). The minimum atomic E-state index is -1.02. The number of hydrogen-bond donors (Lipinski definition) is 2. The second-order valence-electron chi connectivity index (χ2n) is 4.39. The van der Waals surface area contributed by atoms with Crippen LogP contribution in [0.15, 0.2) is 36.5 Å². The van der Waals surface area contributed by atoms with E-state index in [2.05, 4.69) is 10.3 Å². The van der Waals surface area contributed by atoms with Crippen molar-refractivity contribution in [3.05, 3.63) is 52.5 Å². The molecule has 0 saturated carbocycles. The maximum atomic E-state index is 12.0. The van der Waals surface area contributed by atoms with E-state index in [0.29, 0.717) is 10.0 Å². The van der Waals surface area contributed by atoms with Gasteiger partial charge < -0.3 is 10.4 Å². The van der Waals surface area contributed by atoms with E-state index < -0.39 is 5.97 Å². The van der Waals surface area contributed by atoms with Gasteiger partial charge in [0.2, 0.25) is 5.91 Å². The molecule has 1 heterocycles. The highest BCUT2D eigenvalue weighted by atomic mass is 32.1. The minimum Gasteiger partial charge on any atom is -0.478 e. The number of hydrogen-bond acceptors (Lipinski definition) is 4. The van der Waals surface area contributed by atoms with Crippen LogP contribution in [0, 0.1) is 6.92 Å². The number of thiazole rings is 1. The molecular formula is C15H14N2O3S. The standard InChI is InChI=1S/C15H14N2O3S/c1-10-4-2-3-5-11(10)8-13(18)17-15-16-9-12(21-15)6-7-14(19)20/h2-7,9H,8H2,1H3,(H,19,20)(H,16,17,18). The monoisotopic (exact) mass is 302 g/mol. The van der Waals surface area contributed by atoms with E-state index in [4.69, 9.17) is 5.11 Å². The number of carboxylic acid groups (broad SMARTS) is 1. The van der Waals surface area contributed by atoms with Crippen molar-refractivity contribution in [2.45, 2.75) is 13.3 Å². The molecule has 0 atom stereocenters. The Morgan fingerprint density at radius 1 is 1.38 bits per heavy atom. The molecule has 0 bridgehead atoms. The summed E-state index contributed by atoms with van der Waals surface area (Å²) in [6.07, 6.45) is 4.28. The predicted octanol–water partition coefficient (Wildman–Crippen LogP) is 2.73. The Bertz CT molecular complexity index is 692. The van der Waals surface area contributed by atoms with Crippen LogP contribution in [-0.4, -0.2) is 22.0 Å². The quantitative estimate of drug-likeness (QED) is 0.832. The third-order valence-corrected chi connectivity index (χ3v) is 3.65. The number of anilines is 1. The smallest absolute Gasteiger partial charge is 0.328 e. The number of aryl methyl sites for hydroxylation is 1. The van der Waals surface area contributed by atoms with E-state index >= 15 is 0 Å². The third-order valence-electron chi connectivity index (χ3n) is 2.77. The number of rotatable bonds is 5. The fourth-order valence-corrected chi connectivity index (χ4v) is 2.45. The maximum absolute atomic E-state index is 12.0. The van der Waals surface area contributed by atoms with Gasteiger partial charge in [0.05, 0.1) is 6.42 Å². The Balaban J connectivity index is 1.97. The summed E-state index contributed by atoms with van der Waals surface area (Å²) in [6, 6.07) is 7.70. The first-order valence-electron chi connectivity index (χ1n) is 6.26. The van der Waals surface area contributed by atoms with Gasteiger partial charge in [-0.15, -0.1) is 0 Å². The zero-order valence-corrected chi connectivity index (χ0v) is 12.2. The molecule has 0 aliphatic heterocycles. The van der Waals surface area contributed by atoms with Crippen LogP contribution in [0.5, 0.6) is 0 Å². The van der Waals surface area contributed by atoms with Gasteiger partial charge in [-0.2, -0.15) is 0 Å². The zero-order valence-electron chi connectivity index (χ0n) is 11.4. The first-order valence-corrected chi connectivity index (χ1v) is 7.07. The highest BCUT2D eigenvalue weighted by Gasteiger charge is 2.08. The number of carbonyl (C=O) groups excluding carboxylic acids is 1. The maximum Gasteiger partial charge on any atom is 0.328 e. The van der Waals surface area contributed by atoms with Gasteiger partial charge in [-0.05, 0) is 24.1 Å². The molecular weight excluding hydrogens is 288 g/mol. The first-order chi connectivity index (χ1) is 10.0. The summed E-state index contributed by atoms with van der Waals surface area (Å²) < 4.78 is 0. The summed E-state index contributed by atoms with van der Waals surface area (Å²) in [5.41, 5.74) is 2.04. The van der Waals surface area contributed by atoms with E-state index in [1.165, 1.54) is 23.6 Å². The second-order valence-corrected chi connectivity index (χ2v) is 5.45. The van der Waals surface area contributed by atoms with Gasteiger partial charge in [0.15, 0.2) is 5.13 Å². The van der Waals surface area contributed by atoms with E-state index in [-0.39, 0.29) is 12.3 Å². The predicted molar refractivity (Wildman–Crippen MR) is 82.3 cm³/mol. The van der Waals surface area contributed by atoms with Crippen LogP contribution >= 0.6 is 11.3 Å². The molecule has 1 aromatic heterocycles. The van der Waals surface area contributed by atoms with Crippen LogP contribution in [0.3, 0.4) is 0 Å². The average Bonchev–Trinajstić information content (AvgIpc) is 2.86. The Kier molecular flexibility index (Phi) is 4.84. The van der Waals surface area contributed by atoms with Gasteiger partial charge in [-0.25, -0.2) is 9.78 Å². The third kappa shape index (κ3) is 4.54. The number of aliphatic carboxylic acids is 1. The summed E-state index contributed by atoms with van der Waals surface area (Å²) in [6.45, 7) is 1.96. The topological polar surface area (TPSA) is 79.3 Å². The van der Waals surface area contributed by atoms with Crippen LogP contribution in [-0.2, 0) is 16.0 Å².